The Kier molecular flexibility index (Phi) is 8.42. The second kappa shape index (κ2) is 11.6. The molecule has 2 heterocycles. The summed E-state index contributed by atoms with van der Waals surface area (Å²) in [7, 11) is 0.536. The van der Waals surface area contributed by atoms with E-state index in [0.717, 1.165) is 32.5 Å². The molecule has 0 unspecified atom stereocenters. The lowest BCUT2D eigenvalue weighted by molar-refractivity contribution is 0.00578. The van der Waals surface area contributed by atoms with Crippen LogP contribution in [0.2, 0.25) is 0 Å². The maximum atomic E-state index is 11.9. The lowest BCUT2D eigenvalue weighted by Gasteiger charge is -2.32. The van der Waals surface area contributed by atoms with Gasteiger partial charge in [0.2, 0.25) is 0 Å². The van der Waals surface area contributed by atoms with Crippen molar-refractivity contribution in [1.82, 2.24) is 0 Å². The maximum Gasteiger partial charge on any atom is 0.494 e. The van der Waals surface area contributed by atoms with Crippen molar-refractivity contribution >= 4 is 58.6 Å². The van der Waals surface area contributed by atoms with Crippen LogP contribution in [-0.2, 0) is 23.4 Å². The monoisotopic (exact) mass is 610 g/mol. The van der Waals surface area contributed by atoms with E-state index in [2.05, 4.69) is 0 Å². The predicted octanol–water partition coefficient (Wildman–Crippen LogP) is 5.76. The third-order valence-electron chi connectivity index (χ3n) is 9.50. The van der Waals surface area contributed by atoms with Crippen LogP contribution >= 0.6 is 0 Å². The Labute approximate surface area is 265 Å². The maximum absolute atomic E-state index is 11.9. The molecule has 6 rings (SSSR count). The van der Waals surface area contributed by atoms with E-state index in [-0.39, 0.29) is 17.2 Å². The van der Waals surface area contributed by atoms with Gasteiger partial charge in [-0.3, -0.25) is 0 Å². The summed E-state index contributed by atoms with van der Waals surface area (Å²) in [5, 5.41) is 12.7. The third-order valence-corrected chi connectivity index (χ3v) is 9.50. The molecule has 0 bridgehead atoms. The van der Waals surface area contributed by atoms with Crippen molar-refractivity contribution < 1.29 is 38.0 Å². The van der Waals surface area contributed by atoms with Crippen molar-refractivity contribution in [3.8, 4) is 0 Å². The summed E-state index contributed by atoms with van der Waals surface area (Å²) in [5.74, 6) is -1.26. The molecular formula is C35H40B2O8. The van der Waals surface area contributed by atoms with E-state index in [1.54, 1.807) is 18.2 Å². The van der Waals surface area contributed by atoms with Gasteiger partial charge in [-0.25, -0.2) is 9.59 Å². The summed E-state index contributed by atoms with van der Waals surface area (Å²) < 4.78 is 29.1. The number of methoxy groups -OCH3 is 1. The van der Waals surface area contributed by atoms with Crippen molar-refractivity contribution in [3.05, 3.63) is 83.9 Å². The van der Waals surface area contributed by atoms with Crippen LogP contribution < -0.4 is 10.9 Å². The zero-order valence-electron chi connectivity index (χ0n) is 27.4. The van der Waals surface area contributed by atoms with Gasteiger partial charge in [-0.05, 0) is 100.0 Å². The molecule has 0 aliphatic carbocycles. The molecule has 8 nitrogen and oxygen atoms in total. The Bertz CT molecular complexity index is 1750. The number of carboxylic acids is 1. The number of esters is 1. The van der Waals surface area contributed by atoms with Gasteiger partial charge < -0.3 is 28.5 Å². The Balaban J connectivity index is 0.000000178. The number of carbonyl (C=O) groups excluding carboxylic acids is 1. The van der Waals surface area contributed by atoms with Gasteiger partial charge in [-0.2, -0.15) is 0 Å². The molecule has 4 aromatic rings. The predicted molar refractivity (Wildman–Crippen MR) is 178 cm³/mol. The second-order valence-corrected chi connectivity index (χ2v) is 13.5. The van der Waals surface area contributed by atoms with Gasteiger partial charge in [0.15, 0.2) is 0 Å². The summed E-state index contributed by atoms with van der Waals surface area (Å²) >= 11 is 0. The van der Waals surface area contributed by atoms with E-state index in [0.29, 0.717) is 11.1 Å². The number of carboxylic acid groups (broad SMARTS) is 1. The molecule has 2 fully saturated rings. The van der Waals surface area contributed by atoms with Crippen molar-refractivity contribution in [1.29, 1.82) is 0 Å². The van der Waals surface area contributed by atoms with Gasteiger partial charge in [0.25, 0.3) is 0 Å². The first kappa shape index (κ1) is 32.7. The number of aromatic carboxylic acids is 1. The van der Waals surface area contributed by atoms with Crippen molar-refractivity contribution in [2.45, 2.75) is 77.8 Å². The van der Waals surface area contributed by atoms with E-state index in [1.807, 2.05) is 110 Å². The van der Waals surface area contributed by atoms with Crippen LogP contribution in [0.25, 0.3) is 21.5 Å². The zero-order valence-corrected chi connectivity index (χ0v) is 27.4. The van der Waals surface area contributed by atoms with E-state index < -0.39 is 31.4 Å². The SMILES string of the molecule is CC1(C)OB(c2ccc3c(C(=O)O)cccc3c2)OC1(C)C.COC(=O)c1cccc2cc(B3OC(C)(C)C(C)(C)O3)ccc12. The average Bonchev–Trinajstić information content (AvgIpc) is 3.35. The van der Waals surface area contributed by atoms with Gasteiger partial charge in [-0.15, -0.1) is 0 Å². The number of hydrogen-bond donors (Lipinski definition) is 1. The fourth-order valence-corrected chi connectivity index (χ4v) is 5.33. The first-order valence-corrected chi connectivity index (χ1v) is 15.0. The fourth-order valence-electron chi connectivity index (χ4n) is 5.33. The highest BCUT2D eigenvalue weighted by molar-refractivity contribution is 6.63. The van der Waals surface area contributed by atoms with Crippen LogP contribution in [0.1, 0.15) is 76.1 Å². The molecule has 2 aliphatic rings. The van der Waals surface area contributed by atoms with Crippen LogP contribution in [0, 0.1) is 0 Å². The standard InChI is InChI=1S/C18H21BO4.C17H19BO4/c1-17(2)18(3,4)23-19(22-17)13-9-10-14-12(11-13)7-6-8-15(14)16(20)21-5;1-16(2)17(3,4)22-18(21-16)12-8-9-13-11(10-12)6-5-7-14(13)15(19)20/h6-11H,1-5H3;5-10H,1-4H3,(H,19,20). The highest BCUT2D eigenvalue weighted by Crippen LogP contribution is 2.38. The zero-order chi connectivity index (χ0) is 32.9. The molecule has 0 spiro atoms. The van der Waals surface area contributed by atoms with Gasteiger partial charge in [0.1, 0.15) is 0 Å². The fraction of sp³-hybridized carbons (Fsp3) is 0.371. The number of fused-ring (bicyclic) bond motifs is 2. The normalized spacial score (nSPS) is 19.3. The molecule has 2 aliphatic heterocycles. The molecule has 1 N–H and O–H groups in total. The molecule has 0 saturated carbocycles. The van der Waals surface area contributed by atoms with Gasteiger partial charge in [0, 0.05) is 0 Å². The minimum atomic E-state index is -0.922. The van der Waals surface area contributed by atoms with E-state index in [9.17, 15) is 14.7 Å². The molecule has 45 heavy (non-hydrogen) atoms. The topological polar surface area (TPSA) is 101 Å². The molecule has 0 aromatic heterocycles. The summed E-state index contributed by atoms with van der Waals surface area (Å²) in [4.78, 5) is 23.1. The van der Waals surface area contributed by atoms with Crippen LogP contribution in [0.15, 0.2) is 72.8 Å². The van der Waals surface area contributed by atoms with E-state index in [1.165, 1.54) is 7.11 Å². The van der Waals surface area contributed by atoms with Crippen molar-refractivity contribution in [3.63, 3.8) is 0 Å². The molecule has 234 valence electrons. The molecule has 0 radical (unpaired) electrons. The smallest absolute Gasteiger partial charge is 0.478 e. The summed E-state index contributed by atoms with van der Waals surface area (Å²) in [6.07, 6.45) is 0. The van der Waals surface area contributed by atoms with Crippen LogP contribution in [-0.4, -0.2) is 60.8 Å². The summed E-state index contributed by atoms with van der Waals surface area (Å²) in [6.45, 7) is 16.2. The van der Waals surface area contributed by atoms with Gasteiger partial charge in [0.05, 0.1) is 40.6 Å². The second-order valence-electron chi connectivity index (χ2n) is 13.5. The Morgan fingerprint density at radius 2 is 0.978 bits per heavy atom. The first-order valence-electron chi connectivity index (χ1n) is 15.0. The molecule has 4 aromatic carbocycles. The van der Waals surface area contributed by atoms with Crippen molar-refractivity contribution in [2.75, 3.05) is 7.11 Å². The Morgan fingerprint density at radius 1 is 0.600 bits per heavy atom. The molecule has 2 saturated heterocycles. The van der Waals surface area contributed by atoms with Crippen LogP contribution in [0.3, 0.4) is 0 Å². The number of hydrogen-bond acceptors (Lipinski definition) is 7. The number of benzene rings is 4. The third kappa shape index (κ3) is 6.12. The van der Waals surface area contributed by atoms with Gasteiger partial charge >= 0.3 is 26.2 Å². The average molecular weight is 610 g/mol. The van der Waals surface area contributed by atoms with Crippen molar-refractivity contribution in [2.24, 2.45) is 0 Å². The number of rotatable bonds is 4. The van der Waals surface area contributed by atoms with Gasteiger partial charge in [-0.1, -0.05) is 60.7 Å². The minimum absolute atomic E-state index is 0.304. The van der Waals surface area contributed by atoms with E-state index in [4.69, 9.17) is 23.4 Å². The Hall–Kier alpha value is -3.69. The Morgan fingerprint density at radius 3 is 1.36 bits per heavy atom. The lowest BCUT2D eigenvalue weighted by Crippen LogP contribution is -2.41. The molecular weight excluding hydrogens is 570 g/mol. The summed E-state index contributed by atoms with van der Waals surface area (Å²) in [6, 6.07) is 22.3. The number of carbonyl (C=O) groups is 2. The van der Waals surface area contributed by atoms with Crippen LogP contribution in [0.5, 0.6) is 0 Å². The quantitative estimate of drug-likeness (QED) is 0.230. The summed E-state index contributed by atoms with van der Waals surface area (Å²) in [5.41, 5.74) is 1.17. The van der Waals surface area contributed by atoms with E-state index >= 15 is 0 Å². The highest BCUT2D eigenvalue weighted by Gasteiger charge is 2.52. The highest BCUT2D eigenvalue weighted by atomic mass is 16.7. The first-order chi connectivity index (χ1) is 21.0. The largest absolute Gasteiger partial charge is 0.494 e. The molecule has 0 amide bonds. The van der Waals surface area contributed by atoms with Crippen LogP contribution in [0.4, 0.5) is 0 Å². The number of ether oxygens (including phenoxy) is 1. The minimum Gasteiger partial charge on any atom is -0.478 e. The lowest BCUT2D eigenvalue weighted by atomic mass is 9.78. The molecule has 10 heteroatoms. The molecule has 0 atom stereocenters.